The molecule has 1 fully saturated rings. The molecule has 5 nitrogen and oxygen atoms in total. The number of benzene rings is 2. The number of thiazole rings is 1. The molecule has 4 rings (SSSR count). The summed E-state index contributed by atoms with van der Waals surface area (Å²) < 4.78 is 11.8. The number of methoxy groups -OCH3 is 2. The first-order chi connectivity index (χ1) is 13.2. The van der Waals surface area contributed by atoms with Crippen molar-refractivity contribution in [3.63, 3.8) is 0 Å². The second-order valence-electron chi connectivity index (χ2n) is 6.68. The zero-order chi connectivity index (χ0) is 18.8. The molecular formula is C21H22N2O3S. The van der Waals surface area contributed by atoms with E-state index in [0.29, 0.717) is 23.6 Å². The first-order valence-electron chi connectivity index (χ1n) is 9.06. The summed E-state index contributed by atoms with van der Waals surface area (Å²) in [5.74, 6) is 1.50. The highest BCUT2D eigenvalue weighted by atomic mass is 32.1. The number of hydrogen-bond donors (Lipinski definition) is 0. The predicted molar refractivity (Wildman–Crippen MR) is 107 cm³/mol. The van der Waals surface area contributed by atoms with Crippen LogP contribution in [0.2, 0.25) is 0 Å². The first-order valence-corrected chi connectivity index (χ1v) is 9.88. The molecule has 1 aliphatic heterocycles. The molecule has 1 amide bonds. The van der Waals surface area contributed by atoms with Gasteiger partial charge < -0.3 is 14.4 Å². The van der Waals surface area contributed by atoms with Gasteiger partial charge in [0.25, 0.3) is 5.91 Å². The molecule has 1 aliphatic rings. The topological polar surface area (TPSA) is 51.7 Å². The Bertz CT molecular complexity index is 936. The van der Waals surface area contributed by atoms with E-state index in [2.05, 4.69) is 6.07 Å². The Morgan fingerprint density at radius 3 is 2.81 bits per heavy atom. The van der Waals surface area contributed by atoms with E-state index in [0.717, 1.165) is 29.9 Å². The maximum Gasteiger partial charge on any atom is 0.257 e. The number of nitrogens with zero attached hydrogens (tertiary/aromatic N) is 2. The van der Waals surface area contributed by atoms with Gasteiger partial charge in [0.05, 0.1) is 35.0 Å². The summed E-state index contributed by atoms with van der Waals surface area (Å²) in [6, 6.07) is 13.5. The summed E-state index contributed by atoms with van der Waals surface area (Å²) >= 11 is 1.74. The fraction of sp³-hybridized carbons (Fsp3) is 0.333. The van der Waals surface area contributed by atoms with Gasteiger partial charge in [-0.05, 0) is 37.1 Å². The molecule has 0 spiro atoms. The highest BCUT2D eigenvalue weighted by molar-refractivity contribution is 7.18. The molecule has 2 heterocycles. The average Bonchev–Trinajstić information content (AvgIpc) is 3.17. The van der Waals surface area contributed by atoms with E-state index >= 15 is 0 Å². The summed E-state index contributed by atoms with van der Waals surface area (Å²) in [6.07, 6.45) is 2.04. The number of para-hydroxylation sites is 1. The number of carbonyl (C=O) groups excluding carboxylic acids is 1. The van der Waals surface area contributed by atoms with Crippen molar-refractivity contribution in [1.29, 1.82) is 0 Å². The normalized spacial score (nSPS) is 17.1. The number of carbonyl (C=O) groups is 1. The summed E-state index contributed by atoms with van der Waals surface area (Å²) in [6.45, 7) is 1.45. The standard InChI is InChI=1S/C21H22N2O3S/c1-25-15-9-10-16(18(12-15)26-2)21(24)23-11-5-6-14(13-23)20-22-17-7-3-4-8-19(17)27-20/h3-4,7-10,12,14H,5-6,11,13H2,1-2H3/t14-/m1/s1. The molecule has 0 N–H and O–H groups in total. The molecule has 0 aliphatic carbocycles. The van der Waals surface area contributed by atoms with E-state index < -0.39 is 0 Å². The van der Waals surface area contributed by atoms with Crippen molar-refractivity contribution >= 4 is 27.5 Å². The molecule has 0 unspecified atom stereocenters. The Morgan fingerprint density at radius 2 is 2.04 bits per heavy atom. The van der Waals surface area contributed by atoms with Gasteiger partial charge in [-0.15, -0.1) is 11.3 Å². The fourth-order valence-electron chi connectivity index (χ4n) is 3.57. The summed E-state index contributed by atoms with van der Waals surface area (Å²) in [7, 11) is 3.18. The molecule has 1 atom stereocenters. The Hall–Kier alpha value is -2.60. The van der Waals surface area contributed by atoms with Crippen LogP contribution in [-0.4, -0.2) is 43.1 Å². The van der Waals surface area contributed by atoms with Gasteiger partial charge in [-0.3, -0.25) is 4.79 Å². The lowest BCUT2D eigenvalue weighted by Crippen LogP contribution is -2.39. The minimum atomic E-state index is 0.000291. The molecule has 3 aromatic rings. The lowest BCUT2D eigenvalue weighted by molar-refractivity contribution is 0.0703. The Morgan fingerprint density at radius 1 is 1.19 bits per heavy atom. The Balaban J connectivity index is 1.56. The molecule has 0 saturated carbocycles. The molecule has 1 aromatic heterocycles. The molecule has 27 heavy (non-hydrogen) atoms. The molecule has 2 aromatic carbocycles. The van der Waals surface area contributed by atoms with Crippen LogP contribution in [-0.2, 0) is 0 Å². The number of hydrogen-bond acceptors (Lipinski definition) is 5. The maximum atomic E-state index is 13.1. The molecule has 0 radical (unpaired) electrons. The van der Waals surface area contributed by atoms with Gasteiger partial charge in [0.1, 0.15) is 11.5 Å². The van der Waals surface area contributed by atoms with Crippen LogP contribution in [0, 0.1) is 0 Å². The molecular weight excluding hydrogens is 360 g/mol. The van der Waals surface area contributed by atoms with Gasteiger partial charge in [0.2, 0.25) is 0 Å². The number of aromatic nitrogens is 1. The molecule has 1 saturated heterocycles. The van der Waals surface area contributed by atoms with Crippen LogP contribution >= 0.6 is 11.3 Å². The van der Waals surface area contributed by atoms with Crippen molar-refractivity contribution in [3.05, 3.63) is 53.0 Å². The van der Waals surface area contributed by atoms with Crippen molar-refractivity contribution in [2.75, 3.05) is 27.3 Å². The van der Waals surface area contributed by atoms with Gasteiger partial charge in [-0.25, -0.2) is 4.98 Å². The largest absolute Gasteiger partial charge is 0.497 e. The van der Waals surface area contributed by atoms with Crippen LogP contribution in [0.4, 0.5) is 0 Å². The smallest absolute Gasteiger partial charge is 0.257 e. The lowest BCUT2D eigenvalue weighted by atomic mass is 9.98. The maximum absolute atomic E-state index is 13.1. The van der Waals surface area contributed by atoms with Gasteiger partial charge in [-0.1, -0.05) is 12.1 Å². The van der Waals surface area contributed by atoms with Crippen LogP contribution in [0.1, 0.15) is 34.1 Å². The van der Waals surface area contributed by atoms with E-state index in [-0.39, 0.29) is 11.8 Å². The first kappa shape index (κ1) is 17.8. The van der Waals surface area contributed by atoms with E-state index in [1.165, 1.54) is 4.70 Å². The van der Waals surface area contributed by atoms with Crippen LogP contribution in [0.3, 0.4) is 0 Å². The minimum Gasteiger partial charge on any atom is -0.497 e. The summed E-state index contributed by atoms with van der Waals surface area (Å²) in [4.78, 5) is 19.8. The Kier molecular flexibility index (Phi) is 4.99. The molecule has 6 heteroatoms. The van der Waals surface area contributed by atoms with Crippen LogP contribution in [0.15, 0.2) is 42.5 Å². The van der Waals surface area contributed by atoms with Crippen LogP contribution < -0.4 is 9.47 Å². The molecule has 140 valence electrons. The number of ether oxygens (including phenoxy) is 2. The van der Waals surface area contributed by atoms with E-state index in [4.69, 9.17) is 14.5 Å². The number of piperidine rings is 1. The van der Waals surface area contributed by atoms with Crippen molar-refractivity contribution in [2.24, 2.45) is 0 Å². The van der Waals surface area contributed by atoms with Crippen LogP contribution in [0.5, 0.6) is 11.5 Å². The van der Waals surface area contributed by atoms with Crippen molar-refractivity contribution in [2.45, 2.75) is 18.8 Å². The van der Waals surface area contributed by atoms with E-state index in [1.54, 1.807) is 43.8 Å². The fourth-order valence-corrected chi connectivity index (χ4v) is 4.67. The van der Waals surface area contributed by atoms with Crippen molar-refractivity contribution in [1.82, 2.24) is 9.88 Å². The number of amides is 1. The monoisotopic (exact) mass is 382 g/mol. The third-order valence-electron chi connectivity index (χ3n) is 5.01. The highest BCUT2D eigenvalue weighted by Crippen LogP contribution is 2.34. The van der Waals surface area contributed by atoms with Crippen molar-refractivity contribution in [3.8, 4) is 11.5 Å². The van der Waals surface area contributed by atoms with Gasteiger partial charge in [0, 0.05) is 25.1 Å². The minimum absolute atomic E-state index is 0.000291. The summed E-state index contributed by atoms with van der Waals surface area (Å²) in [5, 5.41) is 1.12. The van der Waals surface area contributed by atoms with Gasteiger partial charge in [0.15, 0.2) is 0 Å². The quantitative estimate of drug-likeness (QED) is 0.674. The third-order valence-corrected chi connectivity index (χ3v) is 6.21. The SMILES string of the molecule is COc1ccc(C(=O)N2CCC[C@@H](c3nc4ccccc4s3)C2)c(OC)c1. The Labute approximate surface area is 162 Å². The van der Waals surface area contributed by atoms with Gasteiger partial charge in [-0.2, -0.15) is 0 Å². The number of rotatable bonds is 4. The predicted octanol–water partition coefficient (Wildman–Crippen LogP) is 4.33. The lowest BCUT2D eigenvalue weighted by Gasteiger charge is -2.32. The van der Waals surface area contributed by atoms with E-state index in [1.807, 2.05) is 23.1 Å². The van der Waals surface area contributed by atoms with Crippen molar-refractivity contribution < 1.29 is 14.3 Å². The van der Waals surface area contributed by atoms with E-state index in [9.17, 15) is 4.79 Å². The highest BCUT2D eigenvalue weighted by Gasteiger charge is 2.29. The summed E-state index contributed by atoms with van der Waals surface area (Å²) in [5.41, 5.74) is 1.61. The molecule has 0 bridgehead atoms. The zero-order valence-electron chi connectivity index (χ0n) is 15.5. The van der Waals surface area contributed by atoms with Crippen LogP contribution in [0.25, 0.3) is 10.2 Å². The number of likely N-dealkylation sites (tertiary alicyclic amines) is 1. The second kappa shape index (κ2) is 7.56. The zero-order valence-corrected chi connectivity index (χ0v) is 16.3. The average molecular weight is 382 g/mol. The second-order valence-corrected chi connectivity index (χ2v) is 7.74. The van der Waals surface area contributed by atoms with Gasteiger partial charge >= 0.3 is 0 Å². The number of fused-ring (bicyclic) bond motifs is 1. The third kappa shape index (κ3) is 3.49.